The SMILES string of the molecule is c1ccc(-c2cc(-c3ccccc3)cc(-c3ccc(N(c4ccc(-c5cccc6ccccc56)cc4)c4ccccc4-c4cccc5c4sc4ccccc45)cc3)c2)cc1. The van der Waals surface area contributed by atoms with Crippen LogP contribution in [0, 0.1) is 0 Å². The third-order valence-electron chi connectivity index (χ3n) is 11.7. The Kier molecular flexibility index (Phi) is 9.11. The molecule has 0 unspecified atom stereocenters. The van der Waals surface area contributed by atoms with Crippen LogP contribution >= 0.6 is 11.3 Å². The van der Waals surface area contributed by atoms with Gasteiger partial charge in [0, 0.05) is 42.7 Å². The number of nitrogens with zero attached hydrogens (tertiary/aromatic N) is 1. The van der Waals surface area contributed by atoms with E-state index in [4.69, 9.17) is 0 Å². The van der Waals surface area contributed by atoms with Crippen LogP contribution in [-0.2, 0) is 0 Å². The summed E-state index contributed by atoms with van der Waals surface area (Å²) in [5.74, 6) is 0. The Bertz CT molecular complexity index is 3230. The standard InChI is InChI=1S/C58H39NS/c1-3-15-40(16-4-1)45-37-46(41-17-5-2-6-18-41)39-47(38-45)42-29-33-48(34-30-42)59(49-35-31-44(32-36-49)51-24-13-20-43-19-7-8-21-50(43)51)56-27-11-9-22-52(56)54-25-14-26-55-53-23-10-12-28-57(53)60-58(54)55/h1-39H. The van der Waals surface area contributed by atoms with Crippen LogP contribution in [0.5, 0.6) is 0 Å². The molecule has 0 fully saturated rings. The lowest BCUT2D eigenvalue weighted by molar-refractivity contribution is 1.28. The van der Waals surface area contributed by atoms with Gasteiger partial charge in [0.05, 0.1) is 5.69 Å². The van der Waals surface area contributed by atoms with Crippen molar-refractivity contribution in [1.82, 2.24) is 0 Å². The number of para-hydroxylation sites is 1. The quantitative estimate of drug-likeness (QED) is 0.148. The van der Waals surface area contributed by atoms with Crippen LogP contribution in [0.25, 0.3) is 86.6 Å². The molecule has 1 aromatic heterocycles. The van der Waals surface area contributed by atoms with Gasteiger partial charge in [0.1, 0.15) is 0 Å². The minimum Gasteiger partial charge on any atom is -0.310 e. The van der Waals surface area contributed by atoms with Gasteiger partial charge in [-0.15, -0.1) is 11.3 Å². The largest absolute Gasteiger partial charge is 0.310 e. The second-order valence-corrected chi connectivity index (χ2v) is 16.3. The first-order chi connectivity index (χ1) is 29.7. The number of rotatable bonds is 8. The molecular formula is C58H39NS. The molecule has 2 heteroatoms. The first-order valence-electron chi connectivity index (χ1n) is 20.5. The van der Waals surface area contributed by atoms with Crippen LogP contribution in [0.3, 0.4) is 0 Å². The summed E-state index contributed by atoms with van der Waals surface area (Å²) in [7, 11) is 0. The maximum atomic E-state index is 2.42. The monoisotopic (exact) mass is 781 g/mol. The first kappa shape index (κ1) is 35.6. The van der Waals surface area contributed by atoms with Gasteiger partial charge in [-0.25, -0.2) is 0 Å². The van der Waals surface area contributed by atoms with Crippen molar-refractivity contribution in [2.45, 2.75) is 0 Å². The van der Waals surface area contributed by atoms with E-state index in [0.717, 1.165) is 17.1 Å². The lowest BCUT2D eigenvalue weighted by Crippen LogP contribution is -2.11. The van der Waals surface area contributed by atoms with Crippen LogP contribution in [-0.4, -0.2) is 0 Å². The van der Waals surface area contributed by atoms with E-state index in [2.05, 4.69) is 241 Å². The minimum absolute atomic E-state index is 1.09. The average molecular weight is 782 g/mol. The molecule has 0 atom stereocenters. The summed E-state index contributed by atoms with van der Waals surface area (Å²) in [5.41, 5.74) is 15.4. The highest BCUT2D eigenvalue weighted by atomic mass is 32.1. The van der Waals surface area contributed by atoms with Gasteiger partial charge in [-0.3, -0.25) is 0 Å². The number of benzene rings is 10. The van der Waals surface area contributed by atoms with Gasteiger partial charge in [-0.05, 0) is 110 Å². The van der Waals surface area contributed by atoms with Crippen molar-refractivity contribution in [3.05, 3.63) is 237 Å². The molecule has 10 aromatic carbocycles. The van der Waals surface area contributed by atoms with Crippen LogP contribution in [0.1, 0.15) is 0 Å². The molecule has 282 valence electrons. The zero-order valence-electron chi connectivity index (χ0n) is 32.9. The zero-order chi connectivity index (χ0) is 39.8. The fourth-order valence-corrected chi connectivity index (χ4v) is 9.97. The van der Waals surface area contributed by atoms with Crippen molar-refractivity contribution in [3.8, 4) is 55.6 Å². The van der Waals surface area contributed by atoms with E-state index >= 15 is 0 Å². The van der Waals surface area contributed by atoms with Crippen molar-refractivity contribution < 1.29 is 0 Å². The van der Waals surface area contributed by atoms with E-state index < -0.39 is 0 Å². The van der Waals surface area contributed by atoms with Crippen molar-refractivity contribution in [3.63, 3.8) is 0 Å². The Morgan fingerprint density at radius 1 is 0.283 bits per heavy atom. The normalized spacial score (nSPS) is 11.3. The van der Waals surface area contributed by atoms with Crippen molar-refractivity contribution in [1.29, 1.82) is 0 Å². The molecule has 0 saturated heterocycles. The van der Waals surface area contributed by atoms with E-state index in [1.165, 1.54) is 86.6 Å². The molecule has 0 aliphatic rings. The molecule has 60 heavy (non-hydrogen) atoms. The van der Waals surface area contributed by atoms with Crippen molar-refractivity contribution in [2.24, 2.45) is 0 Å². The van der Waals surface area contributed by atoms with Crippen molar-refractivity contribution >= 4 is 59.3 Å². The number of hydrogen-bond donors (Lipinski definition) is 0. The third kappa shape index (κ3) is 6.54. The minimum atomic E-state index is 1.09. The average Bonchev–Trinajstić information content (AvgIpc) is 3.72. The second-order valence-electron chi connectivity index (χ2n) is 15.3. The van der Waals surface area contributed by atoms with Gasteiger partial charge in [-0.2, -0.15) is 0 Å². The number of fused-ring (bicyclic) bond motifs is 4. The summed E-state index contributed by atoms with van der Waals surface area (Å²) in [6.45, 7) is 0. The molecule has 0 amide bonds. The highest BCUT2D eigenvalue weighted by Crippen LogP contribution is 2.46. The van der Waals surface area contributed by atoms with Crippen LogP contribution < -0.4 is 4.90 Å². The summed E-state index contributed by atoms with van der Waals surface area (Å²) in [6.07, 6.45) is 0. The van der Waals surface area contributed by atoms with E-state index in [1.54, 1.807) is 0 Å². The van der Waals surface area contributed by atoms with Crippen molar-refractivity contribution in [2.75, 3.05) is 4.90 Å². The Hall–Kier alpha value is -7.52. The van der Waals surface area contributed by atoms with Crippen LogP contribution in [0.4, 0.5) is 17.1 Å². The van der Waals surface area contributed by atoms with Gasteiger partial charge in [0.25, 0.3) is 0 Å². The summed E-state index contributed by atoms with van der Waals surface area (Å²) in [6, 6.07) is 86.1. The summed E-state index contributed by atoms with van der Waals surface area (Å²) in [5, 5.41) is 5.11. The lowest BCUT2D eigenvalue weighted by atomic mass is 9.93. The second kappa shape index (κ2) is 15.3. The fourth-order valence-electron chi connectivity index (χ4n) is 8.74. The van der Waals surface area contributed by atoms with Gasteiger partial charge in [0.15, 0.2) is 0 Å². The maximum Gasteiger partial charge on any atom is 0.0540 e. The predicted octanol–water partition coefficient (Wildman–Crippen LogP) is 17.0. The molecule has 0 N–H and O–H groups in total. The number of anilines is 3. The van der Waals surface area contributed by atoms with Gasteiger partial charge >= 0.3 is 0 Å². The highest BCUT2D eigenvalue weighted by Gasteiger charge is 2.20. The van der Waals surface area contributed by atoms with E-state index in [1.807, 2.05) is 11.3 Å². The molecule has 1 nitrogen and oxygen atoms in total. The Morgan fingerprint density at radius 3 is 1.43 bits per heavy atom. The van der Waals surface area contributed by atoms with Gasteiger partial charge < -0.3 is 4.90 Å². The number of hydrogen-bond acceptors (Lipinski definition) is 2. The molecule has 0 radical (unpaired) electrons. The fraction of sp³-hybridized carbons (Fsp3) is 0. The van der Waals surface area contributed by atoms with Crippen LogP contribution in [0.15, 0.2) is 237 Å². The molecule has 0 aliphatic carbocycles. The molecule has 11 aromatic rings. The molecule has 0 spiro atoms. The first-order valence-corrected chi connectivity index (χ1v) is 21.3. The van der Waals surface area contributed by atoms with E-state index in [9.17, 15) is 0 Å². The summed E-state index contributed by atoms with van der Waals surface area (Å²) >= 11 is 1.88. The Morgan fingerprint density at radius 2 is 0.750 bits per heavy atom. The van der Waals surface area contributed by atoms with E-state index in [0.29, 0.717) is 0 Å². The molecule has 0 bridgehead atoms. The topological polar surface area (TPSA) is 3.24 Å². The van der Waals surface area contributed by atoms with Crippen LogP contribution in [0.2, 0.25) is 0 Å². The molecule has 0 aliphatic heterocycles. The predicted molar refractivity (Wildman–Crippen MR) is 259 cm³/mol. The van der Waals surface area contributed by atoms with Gasteiger partial charge in [-0.1, -0.05) is 182 Å². The maximum absolute atomic E-state index is 2.42. The molecule has 1 heterocycles. The summed E-state index contributed by atoms with van der Waals surface area (Å²) < 4.78 is 2.61. The molecular weight excluding hydrogens is 743 g/mol. The lowest BCUT2D eigenvalue weighted by Gasteiger charge is -2.28. The Balaban J connectivity index is 1.06. The zero-order valence-corrected chi connectivity index (χ0v) is 33.7. The Labute approximate surface area is 354 Å². The number of thiophene rings is 1. The summed E-state index contributed by atoms with van der Waals surface area (Å²) in [4.78, 5) is 2.42. The highest BCUT2D eigenvalue weighted by molar-refractivity contribution is 7.26. The molecule has 11 rings (SSSR count). The molecule has 0 saturated carbocycles. The van der Waals surface area contributed by atoms with E-state index in [-0.39, 0.29) is 0 Å². The van der Waals surface area contributed by atoms with Gasteiger partial charge in [0.2, 0.25) is 0 Å². The smallest absolute Gasteiger partial charge is 0.0540 e. The third-order valence-corrected chi connectivity index (χ3v) is 12.9.